The molecule has 3 nitrogen and oxygen atoms in total. The van der Waals surface area contributed by atoms with E-state index in [0.717, 1.165) is 28.8 Å². The van der Waals surface area contributed by atoms with E-state index in [1.54, 1.807) is 6.07 Å². The van der Waals surface area contributed by atoms with Crippen LogP contribution >= 0.6 is 11.6 Å². The fraction of sp³-hybridized carbons (Fsp3) is 0.231. The topological polar surface area (TPSA) is 30.5 Å². The Morgan fingerprint density at radius 1 is 0.939 bits per heavy atom. The van der Waals surface area contributed by atoms with E-state index in [1.165, 1.54) is 12.1 Å². The van der Waals surface area contributed by atoms with Gasteiger partial charge in [0, 0.05) is 16.6 Å². The van der Waals surface area contributed by atoms with Crippen molar-refractivity contribution in [2.24, 2.45) is 5.92 Å². The zero-order valence-corrected chi connectivity index (χ0v) is 18.2. The van der Waals surface area contributed by atoms with Gasteiger partial charge in [-0.25, -0.2) is 0 Å². The number of benzene rings is 3. The average molecular weight is 472 g/mol. The summed E-state index contributed by atoms with van der Waals surface area (Å²) in [6, 6.07) is 19.9. The molecule has 0 aromatic heterocycles. The van der Waals surface area contributed by atoms with Gasteiger partial charge in [-0.15, -0.1) is 13.2 Å². The van der Waals surface area contributed by atoms with Crippen LogP contribution in [0, 0.1) is 5.92 Å². The second-order valence-electron chi connectivity index (χ2n) is 8.23. The van der Waals surface area contributed by atoms with E-state index in [0.29, 0.717) is 17.4 Å². The van der Waals surface area contributed by atoms with Gasteiger partial charge in [-0.3, -0.25) is 0 Å². The predicted octanol–water partition coefficient (Wildman–Crippen LogP) is 7.64. The maximum atomic E-state index is 12.7. The lowest BCUT2D eigenvalue weighted by Gasteiger charge is -2.38. The fourth-order valence-electron chi connectivity index (χ4n) is 4.67. The third-order valence-corrected chi connectivity index (χ3v) is 6.45. The molecule has 33 heavy (non-hydrogen) atoms. The highest BCUT2D eigenvalue weighted by Gasteiger charge is 2.39. The van der Waals surface area contributed by atoms with Crippen LogP contribution in [-0.2, 0) is 6.61 Å². The zero-order valence-electron chi connectivity index (χ0n) is 17.5. The van der Waals surface area contributed by atoms with Crippen molar-refractivity contribution in [3.63, 3.8) is 0 Å². The van der Waals surface area contributed by atoms with E-state index in [2.05, 4.69) is 22.2 Å². The lowest BCUT2D eigenvalue weighted by Crippen LogP contribution is -2.29. The molecular formula is C26H21ClF3NO2. The number of hydrogen-bond donors (Lipinski definition) is 1. The van der Waals surface area contributed by atoms with Crippen LogP contribution in [0.25, 0.3) is 0 Å². The molecule has 1 heterocycles. The van der Waals surface area contributed by atoms with Crippen molar-refractivity contribution in [1.29, 1.82) is 0 Å². The molecule has 0 saturated heterocycles. The molecular weight excluding hydrogens is 451 g/mol. The average Bonchev–Trinajstić information content (AvgIpc) is 3.28. The Bertz CT molecular complexity index is 1180. The van der Waals surface area contributed by atoms with Crippen molar-refractivity contribution in [2.75, 3.05) is 5.32 Å². The minimum atomic E-state index is -4.72. The minimum absolute atomic E-state index is 0.0203. The Balaban J connectivity index is 1.38. The van der Waals surface area contributed by atoms with E-state index < -0.39 is 6.36 Å². The van der Waals surface area contributed by atoms with Gasteiger partial charge in [0.15, 0.2) is 0 Å². The maximum absolute atomic E-state index is 12.7. The summed E-state index contributed by atoms with van der Waals surface area (Å²) in [5.74, 6) is 0.581. The molecule has 1 aliphatic heterocycles. The molecule has 3 aromatic carbocycles. The van der Waals surface area contributed by atoms with Crippen LogP contribution in [-0.4, -0.2) is 6.36 Å². The van der Waals surface area contributed by atoms with Gasteiger partial charge in [0.1, 0.15) is 18.1 Å². The largest absolute Gasteiger partial charge is 0.573 e. The number of ether oxygens (including phenoxy) is 2. The maximum Gasteiger partial charge on any atom is 0.573 e. The quantitative estimate of drug-likeness (QED) is 0.388. The molecule has 3 unspecified atom stereocenters. The molecule has 3 aromatic rings. The first-order valence-electron chi connectivity index (χ1n) is 10.7. The van der Waals surface area contributed by atoms with E-state index in [4.69, 9.17) is 16.3 Å². The van der Waals surface area contributed by atoms with Gasteiger partial charge in [0.25, 0.3) is 0 Å². The molecule has 0 spiro atoms. The van der Waals surface area contributed by atoms with Crippen molar-refractivity contribution in [3.8, 4) is 11.5 Å². The molecule has 0 saturated carbocycles. The van der Waals surface area contributed by atoms with Crippen LogP contribution < -0.4 is 14.8 Å². The molecule has 5 rings (SSSR count). The Labute approximate surface area is 194 Å². The van der Waals surface area contributed by atoms with E-state index in [1.807, 2.05) is 48.5 Å². The van der Waals surface area contributed by atoms with Gasteiger partial charge in [0.05, 0.1) is 6.04 Å². The number of anilines is 1. The number of allylic oxidation sites excluding steroid dienone is 2. The summed E-state index contributed by atoms with van der Waals surface area (Å²) >= 11 is 6.67. The molecule has 1 aliphatic carbocycles. The zero-order chi connectivity index (χ0) is 23.0. The minimum Gasteiger partial charge on any atom is -0.489 e. The molecule has 170 valence electrons. The summed E-state index contributed by atoms with van der Waals surface area (Å²) in [6.07, 6.45) is 0.206. The number of fused-ring (bicyclic) bond motifs is 3. The Morgan fingerprint density at radius 2 is 1.73 bits per heavy atom. The molecule has 0 bridgehead atoms. The lowest BCUT2D eigenvalue weighted by molar-refractivity contribution is -0.274. The molecule has 2 aliphatic rings. The lowest BCUT2D eigenvalue weighted by atomic mass is 9.77. The number of rotatable bonds is 5. The number of alkyl halides is 3. The van der Waals surface area contributed by atoms with E-state index in [-0.39, 0.29) is 23.6 Å². The summed E-state index contributed by atoms with van der Waals surface area (Å²) in [5.41, 5.74) is 3.58. The second-order valence-corrected chi connectivity index (χ2v) is 8.64. The monoisotopic (exact) mass is 471 g/mol. The first-order chi connectivity index (χ1) is 15.9. The predicted molar refractivity (Wildman–Crippen MR) is 122 cm³/mol. The van der Waals surface area contributed by atoms with Crippen LogP contribution in [0.4, 0.5) is 18.9 Å². The third-order valence-electron chi connectivity index (χ3n) is 6.12. The van der Waals surface area contributed by atoms with Gasteiger partial charge >= 0.3 is 6.36 Å². The highest BCUT2D eigenvalue weighted by molar-refractivity contribution is 6.31. The number of halogens is 4. The van der Waals surface area contributed by atoms with Crippen molar-refractivity contribution in [3.05, 3.63) is 101 Å². The van der Waals surface area contributed by atoms with Crippen molar-refractivity contribution in [2.45, 2.75) is 31.3 Å². The van der Waals surface area contributed by atoms with Gasteiger partial charge in [-0.05, 0) is 59.4 Å². The summed E-state index contributed by atoms with van der Waals surface area (Å²) < 4.78 is 48.0. The summed E-state index contributed by atoms with van der Waals surface area (Å²) in [6.45, 7) is 0.447. The summed E-state index contributed by atoms with van der Waals surface area (Å²) in [7, 11) is 0. The second kappa shape index (κ2) is 8.67. The SMILES string of the molecule is FC(F)(F)Oc1ccc2c(c1)C1C=CCC1C(c1ccc(OCc3ccccc3)cc1Cl)N2. The Hall–Kier alpha value is -3.12. The fourth-order valence-corrected chi connectivity index (χ4v) is 4.96. The molecule has 0 amide bonds. The summed E-state index contributed by atoms with van der Waals surface area (Å²) in [4.78, 5) is 0. The smallest absolute Gasteiger partial charge is 0.489 e. The van der Waals surface area contributed by atoms with Crippen LogP contribution in [0.3, 0.4) is 0 Å². The van der Waals surface area contributed by atoms with Gasteiger partial charge in [0.2, 0.25) is 0 Å². The highest BCUT2D eigenvalue weighted by atomic mass is 35.5. The van der Waals surface area contributed by atoms with Gasteiger partial charge in [-0.1, -0.05) is 60.2 Å². The highest BCUT2D eigenvalue weighted by Crippen LogP contribution is 2.51. The third kappa shape index (κ3) is 4.67. The van der Waals surface area contributed by atoms with Gasteiger partial charge in [-0.2, -0.15) is 0 Å². The molecule has 7 heteroatoms. The van der Waals surface area contributed by atoms with Crippen LogP contribution in [0.1, 0.15) is 35.1 Å². The number of nitrogens with one attached hydrogen (secondary N) is 1. The van der Waals surface area contributed by atoms with Crippen molar-refractivity contribution >= 4 is 17.3 Å². The number of hydrogen-bond acceptors (Lipinski definition) is 3. The standard InChI is InChI=1S/C26H21ClF3NO2/c27-23-14-17(32-15-16-5-2-1-3-6-16)9-11-21(23)25-20-8-4-7-19(20)22-13-18(33-26(28,29)30)10-12-24(22)31-25/h1-7,9-14,19-20,25,31H,8,15H2. The first-order valence-corrected chi connectivity index (χ1v) is 11.0. The van der Waals surface area contributed by atoms with Crippen LogP contribution in [0.5, 0.6) is 11.5 Å². The molecule has 0 radical (unpaired) electrons. The molecule has 3 atom stereocenters. The molecule has 1 N–H and O–H groups in total. The van der Waals surface area contributed by atoms with Gasteiger partial charge < -0.3 is 14.8 Å². The molecule has 0 fully saturated rings. The van der Waals surface area contributed by atoms with Crippen LogP contribution in [0.15, 0.2) is 78.9 Å². The van der Waals surface area contributed by atoms with Crippen LogP contribution in [0.2, 0.25) is 5.02 Å². The Morgan fingerprint density at radius 3 is 2.48 bits per heavy atom. The van der Waals surface area contributed by atoms with E-state index >= 15 is 0 Å². The van der Waals surface area contributed by atoms with Crippen molar-refractivity contribution in [1.82, 2.24) is 0 Å². The van der Waals surface area contributed by atoms with E-state index in [9.17, 15) is 13.2 Å². The Kier molecular flexibility index (Phi) is 5.71. The van der Waals surface area contributed by atoms with Crippen molar-refractivity contribution < 1.29 is 22.6 Å². The summed E-state index contributed by atoms with van der Waals surface area (Å²) in [5, 5.41) is 4.08. The first kappa shape index (κ1) is 21.7. The normalized spacial score (nSPS) is 21.2.